The summed E-state index contributed by atoms with van der Waals surface area (Å²) in [6.45, 7) is 0. The van der Waals surface area contributed by atoms with Crippen molar-refractivity contribution in [3.05, 3.63) is 211 Å². The normalized spacial score (nSPS) is 13.8. The second-order valence-corrected chi connectivity index (χ2v) is 20.7. The molecule has 0 amide bonds. The molecule has 60 heavy (non-hydrogen) atoms. The summed E-state index contributed by atoms with van der Waals surface area (Å²) in [5, 5.41) is 11.9. The van der Waals surface area contributed by atoms with Gasteiger partial charge in [0, 0.05) is 39.4 Å². The molecule has 13 rings (SSSR count). The predicted octanol–water partition coefficient (Wildman–Crippen LogP) is 13.5. The maximum absolute atomic E-state index is 7.06. The molecule has 12 aromatic rings. The summed E-state index contributed by atoms with van der Waals surface area (Å²) in [7, 11) is 0. The largest absolute Gasteiger partial charge is 0.292 e. The molecule has 0 saturated carbocycles. The van der Waals surface area contributed by atoms with Crippen molar-refractivity contribution in [3.63, 3.8) is 0 Å². The van der Waals surface area contributed by atoms with Gasteiger partial charge in [0.15, 0.2) is 0 Å². The first kappa shape index (κ1) is 33.9. The topological polar surface area (TPSA) is 30.2 Å². The molecule has 280 valence electrons. The van der Waals surface area contributed by atoms with Gasteiger partial charge in [-0.25, -0.2) is 4.98 Å². The zero-order chi connectivity index (χ0) is 39.5. The van der Waals surface area contributed by atoms with Gasteiger partial charge in [0.05, 0.1) is 22.1 Å². The molecule has 3 aromatic heterocycles. The summed E-state index contributed by atoms with van der Waals surface area (Å²) in [4.78, 5) is 10.6. The first-order chi connectivity index (χ1) is 29.6. The number of nitrogens with zero attached hydrogens (tertiary/aromatic N) is 3. The van der Waals surface area contributed by atoms with Crippen molar-refractivity contribution in [2.75, 3.05) is 0 Å². The van der Waals surface area contributed by atoms with Gasteiger partial charge in [-0.3, -0.25) is 9.38 Å². The molecule has 0 N–H and O–H groups in total. The van der Waals surface area contributed by atoms with Crippen LogP contribution in [-0.2, 0) is 11.8 Å². The summed E-state index contributed by atoms with van der Waals surface area (Å²) in [5.74, 6) is 0. The highest BCUT2D eigenvalue weighted by atomic mass is 32.4. The Kier molecular flexibility index (Phi) is 7.22. The van der Waals surface area contributed by atoms with Gasteiger partial charge in [-0.2, -0.15) is 0 Å². The van der Waals surface area contributed by atoms with E-state index in [0.29, 0.717) is 0 Å². The monoisotopic (exact) mass is 799 g/mol. The Hall–Kier alpha value is -6.97. The quantitative estimate of drug-likeness (QED) is 0.101. The van der Waals surface area contributed by atoms with Crippen molar-refractivity contribution in [1.29, 1.82) is 0 Å². The van der Waals surface area contributed by atoms with Crippen molar-refractivity contribution >= 4 is 99.3 Å². The van der Waals surface area contributed by atoms with Crippen LogP contribution in [0.5, 0.6) is 0 Å². The van der Waals surface area contributed by atoms with E-state index < -0.39 is 6.04 Å². The van der Waals surface area contributed by atoms with Gasteiger partial charge < -0.3 is 0 Å². The van der Waals surface area contributed by atoms with Crippen LogP contribution < -0.4 is 10.6 Å². The van der Waals surface area contributed by atoms with Crippen LogP contribution in [0.1, 0.15) is 16.8 Å². The Morgan fingerprint density at radius 2 is 1.10 bits per heavy atom. The Balaban J connectivity index is 0.990. The molecular formula is C55H34N3PS. The molecule has 1 aliphatic rings. The molecule has 3 nitrogen and oxygen atoms in total. The molecule has 0 spiro atoms. The minimum atomic E-state index is -2.46. The standard InChI is InChI=1S/C55H34N3PS/c60-59(40-15-2-1-3-16-40,54-46-20-10-8-18-43(46)44-19-9-11-21-47(44)54)41-28-39-23-22-37(30-50(39)56-33-41)38-25-27-49-52(32-38)58-51-31-36-14-5-4-13-35(36)29-48(51)45-26-24-34-12-6-7-17-42(34)53(45)55(58)57-49/h1-33,54H. The third-order valence-electron chi connectivity index (χ3n) is 12.9. The van der Waals surface area contributed by atoms with Crippen LogP contribution in [0.25, 0.3) is 93.1 Å². The Morgan fingerprint density at radius 3 is 1.90 bits per heavy atom. The number of hydrogen-bond donors (Lipinski definition) is 0. The number of fused-ring (bicyclic) bond motifs is 15. The van der Waals surface area contributed by atoms with Crippen molar-refractivity contribution in [2.24, 2.45) is 0 Å². The van der Waals surface area contributed by atoms with Crippen molar-refractivity contribution in [3.8, 4) is 22.3 Å². The molecule has 1 unspecified atom stereocenters. The van der Waals surface area contributed by atoms with E-state index in [1.807, 2.05) is 0 Å². The molecule has 3 heterocycles. The molecule has 5 heteroatoms. The van der Waals surface area contributed by atoms with E-state index in [9.17, 15) is 0 Å². The van der Waals surface area contributed by atoms with Gasteiger partial charge in [-0.15, -0.1) is 0 Å². The van der Waals surface area contributed by atoms with E-state index in [1.165, 1.54) is 65.3 Å². The minimum Gasteiger partial charge on any atom is -0.292 e. The van der Waals surface area contributed by atoms with E-state index in [-0.39, 0.29) is 5.66 Å². The summed E-state index contributed by atoms with van der Waals surface area (Å²) < 4.78 is 2.39. The van der Waals surface area contributed by atoms with Crippen LogP contribution in [0.3, 0.4) is 0 Å². The first-order valence-electron chi connectivity index (χ1n) is 20.4. The molecule has 1 aliphatic carbocycles. The average Bonchev–Trinajstić information content (AvgIpc) is 3.87. The summed E-state index contributed by atoms with van der Waals surface area (Å²) in [5.41, 5.74) is 12.6. The molecule has 0 saturated heterocycles. The Morgan fingerprint density at radius 1 is 0.450 bits per heavy atom. The minimum absolute atomic E-state index is 0.0576. The molecule has 0 fully saturated rings. The maximum atomic E-state index is 7.06. The van der Waals surface area contributed by atoms with E-state index in [1.54, 1.807) is 0 Å². The smallest absolute Gasteiger partial charge is 0.147 e. The lowest BCUT2D eigenvalue weighted by Gasteiger charge is -2.31. The molecule has 0 aliphatic heterocycles. The van der Waals surface area contributed by atoms with Gasteiger partial charge >= 0.3 is 0 Å². The van der Waals surface area contributed by atoms with Crippen LogP contribution >= 0.6 is 6.04 Å². The molecule has 0 bridgehead atoms. The summed E-state index contributed by atoms with van der Waals surface area (Å²) >= 11 is 7.06. The lowest BCUT2D eigenvalue weighted by molar-refractivity contribution is 1.20. The van der Waals surface area contributed by atoms with Crippen LogP contribution in [0.2, 0.25) is 0 Å². The van der Waals surface area contributed by atoms with Crippen molar-refractivity contribution in [2.45, 2.75) is 5.66 Å². The van der Waals surface area contributed by atoms with Crippen molar-refractivity contribution in [1.82, 2.24) is 14.4 Å². The first-order valence-corrected chi connectivity index (χ1v) is 23.3. The van der Waals surface area contributed by atoms with Crippen LogP contribution in [0.15, 0.2) is 200 Å². The number of pyridine rings is 2. The number of hydrogen-bond acceptors (Lipinski definition) is 3. The second-order valence-electron chi connectivity index (χ2n) is 16.1. The number of benzene rings is 9. The molecule has 0 radical (unpaired) electrons. The van der Waals surface area contributed by atoms with Crippen molar-refractivity contribution < 1.29 is 0 Å². The van der Waals surface area contributed by atoms with E-state index in [0.717, 1.165) is 49.5 Å². The third-order valence-corrected chi connectivity index (χ3v) is 18.2. The maximum Gasteiger partial charge on any atom is 0.147 e. The highest BCUT2D eigenvalue weighted by Crippen LogP contribution is 2.66. The van der Waals surface area contributed by atoms with E-state index >= 15 is 0 Å². The predicted molar refractivity (Wildman–Crippen MR) is 257 cm³/mol. The lowest BCUT2D eigenvalue weighted by Crippen LogP contribution is -2.21. The van der Waals surface area contributed by atoms with Crippen LogP contribution in [0.4, 0.5) is 0 Å². The summed E-state index contributed by atoms with van der Waals surface area (Å²) in [6.07, 6.45) is 2.07. The Labute approximate surface area is 351 Å². The average molecular weight is 800 g/mol. The fourth-order valence-electron chi connectivity index (χ4n) is 10.1. The molecule has 9 aromatic carbocycles. The van der Waals surface area contributed by atoms with Gasteiger partial charge in [0.2, 0.25) is 0 Å². The number of imidazole rings is 1. The van der Waals surface area contributed by atoms with Gasteiger partial charge in [-0.1, -0.05) is 170 Å². The highest BCUT2D eigenvalue weighted by molar-refractivity contribution is 8.22. The zero-order valence-electron chi connectivity index (χ0n) is 32.3. The van der Waals surface area contributed by atoms with Gasteiger partial charge in [0.1, 0.15) is 5.65 Å². The van der Waals surface area contributed by atoms with Gasteiger partial charge in [-0.05, 0) is 102 Å². The fraction of sp³-hybridized carbons (Fsp3) is 0.0182. The second kappa shape index (κ2) is 12.8. The Bertz CT molecular complexity index is 3790. The molecular weight excluding hydrogens is 766 g/mol. The lowest BCUT2D eigenvalue weighted by atomic mass is 9.97. The summed E-state index contributed by atoms with van der Waals surface area (Å²) in [6, 6.07) is 68.2. The zero-order valence-corrected chi connectivity index (χ0v) is 34.0. The van der Waals surface area contributed by atoms with Crippen LogP contribution in [0, 0.1) is 0 Å². The van der Waals surface area contributed by atoms with Crippen LogP contribution in [-0.4, -0.2) is 14.4 Å². The SMILES string of the molecule is S=P(c1ccccc1)(c1cnc2cc(-c3ccc4nc5c6c7ccccc7ccc6c6cc7ccccc7cc6n5c4c3)ccc2c1)C1c2ccccc2-c2ccccc21. The third kappa shape index (κ3) is 4.81. The number of rotatable bonds is 4. The fourth-order valence-corrected chi connectivity index (χ4v) is 14.8. The van der Waals surface area contributed by atoms with E-state index in [2.05, 4.69) is 205 Å². The van der Waals surface area contributed by atoms with Gasteiger partial charge in [0.25, 0.3) is 0 Å². The number of aromatic nitrogens is 3. The molecule has 1 atom stereocenters. The van der Waals surface area contributed by atoms with E-state index in [4.69, 9.17) is 21.8 Å². The highest BCUT2D eigenvalue weighted by Gasteiger charge is 2.41.